The molecule has 1 amide bonds. The summed E-state index contributed by atoms with van der Waals surface area (Å²) >= 11 is 0. The fraction of sp³-hybridized carbons (Fsp3) is 0.458. The number of hydrogen-bond donors (Lipinski definition) is 1. The first-order valence-corrected chi connectivity index (χ1v) is 10.7. The number of morpholine rings is 1. The molecule has 5 nitrogen and oxygen atoms in total. The molecule has 1 N–H and O–H groups in total. The quantitative estimate of drug-likeness (QED) is 0.816. The number of nitrogens with one attached hydrogen (secondary N) is 1. The second-order valence-electron chi connectivity index (χ2n) is 8.06. The van der Waals surface area contributed by atoms with Crippen LogP contribution in [-0.2, 0) is 19.7 Å². The molecule has 4 rings (SSSR count). The predicted molar refractivity (Wildman–Crippen MR) is 114 cm³/mol. The predicted octanol–water partition coefficient (Wildman–Crippen LogP) is 3.59. The number of hydrogen-bond acceptors (Lipinski definition) is 4. The van der Waals surface area contributed by atoms with Gasteiger partial charge in [-0.15, -0.1) is 0 Å². The first kappa shape index (κ1) is 20.8. The minimum atomic E-state index is -0.897. The SMILES string of the molecule is CC(NC(=O)C1(c2ccccc2F)CCOCC1)c1ccc(N2CCOCC2)cc1. The van der Waals surface area contributed by atoms with Gasteiger partial charge in [-0.3, -0.25) is 4.79 Å². The molecule has 1 atom stereocenters. The van der Waals surface area contributed by atoms with E-state index >= 15 is 0 Å². The molecule has 0 spiro atoms. The molecule has 2 aliphatic rings. The lowest BCUT2D eigenvalue weighted by Crippen LogP contribution is -2.49. The Labute approximate surface area is 177 Å². The van der Waals surface area contributed by atoms with E-state index in [1.54, 1.807) is 18.2 Å². The third-order valence-electron chi connectivity index (χ3n) is 6.29. The molecule has 6 heteroatoms. The van der Waals surface area contributed by atoms with Gasteiger partial charge >= 0.3 is 0 Å². The normalized spacial score (nSPS) is 19.9. The van der Waals surface area contributed by atoms with Crippen molar-refractivity contribution in [2.75, 3.05) is 44.4 Å². The highest BCUT2D eigenvalue weighted by atomic mass is 19.1. The van der Waals surface area contributed by atoms with Crippen LogP contribution in [0.5, 0.6) is 0 Å². The van der Waals surface area contributed by atoms with E-state index in [4.69, 9.17) is 9.47 Å². The first-order chi connectivity index (χ1) is 14.6. The zero-order chi connectivity index (χ0) is 21.0. The maximum Gasteiger partial charge on any atom is 0.231 e. The number of nitrogens with zero attached hydrogens (tertiary/aromatic N) is 1. The molecule has 0 bridgehead atoms. The fourth-order valence-corrected chi connectivity index (χ4v) is 4.40. The van der Waals surface area contributed by atoms with Gasteiger partial charge in [-0.1, -0.05) is 30.3 Å². The summed E-state index contributed by atoms with van der Waals surface area (Å²) in [5, 5.41) is 3.14. The third kappa shape index (κ3) is 4.20. The third-order valence-corrected chi connectivity index (χ3v) is 6.29. The zero-order valence-corrected chi connectivity index (χ0v) is 17.4. The van der Waals surface area contributed by atoms with Gasteiger partial charge in [-0.25, -0.2) is 4.39 Å². The van der Waals surface area contributed by atoms with Crippen LogP contribution in [0.2, 0.25) is 0 Å². The van der Waals surface area contributed by atoms with Crippen LogP contribution in [-0.4, -0.2) is 45.4 Å². The minimum absolute atomic E-state index is 0.138. The van der Waals surface area contributed by atoms with Crippen LogP contribution in [0, 0.1) is 5.82 Å². The summed E-state index contributed by atoms with van der Waals surface area (Å²) < 4.78 is 25.5. The molecule has 0 aromatic heterocycles. The van der Waals surface area contributed by atoms with Crippen molar-refractivity contribution in [3.63, 3.8) is 0 Å². The van der Waals surface area contributed by atoms with Gasteiger partial charge in [0.05, 0.1) is 24.7 Å². The minimum Gasteiger partial charge on any atom is -0.381 e. The van der Waals surface area contributed by atoms with Gasteiger partial charge < -0.3 is 19.7 Å². The van der Waals surface area contributed by atoms with E-state index in [0.29, 0.717) is 31.6 Å². The van der Waals surface area contributed by atoms with E-state index in [1.807, 2.05) is 6.92 Å². The molecule has 2 fully saturated rings. The van der Waals surface area contributed by atoms with Crippen LogP contribution in [0.3, 0.4) is 0 Å². The van der Waals surface area contributed by atoms with Gasteiger partial charge in [0.15, 0.2) is 0 Å². The second kappa shape index (κ2) is 9.14. The molecule has 0 aliphatic carbocycles. The Bertz CT molecular complexity index is 859. The highest BCUT2D eigenvalue weighted by molar-refractivity contribution is 5.88. The van der Waals surface area contributed by atoms with Gasteiger partial charge in [0, 0.05) is 37.6 Å². The van der Waals surface area contributed by atoms with Crippen molar-refractivity contribution in [1.82, 2.24) is 5.32 Å². The Morgan fingerprint density at radius 3 is 2.30 bits per heavy atom. The van der Waals surface area contributed by atoms with E-state index in [0.717, 1.165) is 37.6 Å². The fourth-order valence-electron chi connectivity index (χ4n) is 4.40. The first-order valence-electron chi connectivity index (χ1n) is 10.7. The number of carbonyl (C=O) groups excluding carboxylic acids is 1. The number of rotatable bonds is 5. The molecule has 2 aromatic rings. The summed E-state index contributed by atoms with van der Waals surface area (Å²) in [6.07, 6.45) is 0.949. The van der Waals surface area contributed by atoms with Crippen LogP contribution in [0.15, 0.2) is 48.5 Å². The Morgan fingerprint density at radius 1 is 1.00 bits per heavy atom. The summed E-state index contributed by atoms with van der Waals surface area (Å²) in [6, 6.07) is 14.7. The van der Waals surface area contributed by atoms with Gasteiger partial charge in [-0.05, 0) is 43.5 Å². The number of carbonyl (C=O) groups is 1. The molecule has 30 heavy (non-hydrogen) atoms. The second-order valence-corrected chi connectivity index (χ2v) is 8.06. The monoisotopic (exact) mass is 412 g/mol. The number of amides is 1. The summed E-state index contributed by atoms with van der Waals surface area (Å²) in [5.74, 6) is -0.474. The Hall–Kier alpha value is -2.44. The van der Waals surface area contributed by atoms with E-state index < -0.39 is 5.41 Å². The number of benzene rings is 2. The van der Waals surface area contributed by atoms with E-state index in [2.05, 4.69) is 34.5 Å². The maximum atomic E-state index is 14.6. The lowest BCUT2D eigenvalue weighted by molar-refractivity contribution is -0.131. The molecule has 2 saturated heterocycles. The highest BCUT2D eigenvalue weighted by Gasteiger charge is 2.43. The molecule has 0 saturated carbocycles. The van der Waals surface area contributed by atoms with Crippen molar-refractivity contribution in [3.8, 4) is 0 Å². The van der Waals surface area contributed by atoms with Gasteiger partial charge in [-0.2, -0.15) is 0 Å². The van der Waals surface area contributed by atoms with Crippen molar-refractivity contribution in [2.24, 2.45) is 0 Å². The van der Waals surface area contributed by atoms with Crippen molar-refractivity contribution in [1.29, 1.82) is 0 Å². The van der Waals surface area contributed by atoms with Crippen LogP contribution in [0.1, 0.15) is 36.9 Å². The van der Waals surface area contributed by atoms with Gasteiger partial charge in [0.2, 0.25) is 5.91 Å². The Kier molecular flexibility index (Phi) is 6.35. The molecule has 2 aliphatic heterocycles. The molecule has 2 heterocycles. The lowest BCUT2D eigenvalue weighted by Gasteiger charge is -2.37. The van der Waals surface area contributed by atoms with Crippen LogP contribution in [0.4, 0.5) is 10.1 Å². The van der Waals surface area contributed by atoms with Gasteiger partial charge in [0.25, 0.3) is 0 Å². The van der Waals surface area contributed by atoms with Crippen LogP contribution >= 0.6 is 0 Å². The topological polar surface area (TPSA) is 50.8 Å². The van der Waals surface area contributed by atoms with Crippen LogP contribution < -0.4 is 10.2 Å². The molecule has 160 valence electrons. The average molecular weight is 413 g/mol. The summed E-state index contributed by atoms with van der Waals surface area (Å²) in [4.78, 5) is 15.7. The zero-order valence-electron chi connectivity index (χ0n) is 17.4. The smallest absolute Gasteiger partial charge is 0.231 e. The van der Waals surface area contributed by atoms with Crippen molar-refractivity contribution in [2.45, 2.75) is 31.2 Å². The maximum absolute atomic E-state index is 14.6. The van der Waals surface area contributed by atoms with E-state index in [-0.39, 0.29) is 17.8 Å². The van der Waals surface area contributed by atoms with Crippen molar-refractivity contribution >= 4 is 11.6 Å². The van der Waals surface area contributed by atoms with E-state index in [9.17, 15) is 9.18 Å². The number of halogens is 1. The molecule has 1 unspecified atom stereocenters. The molecular formula is C24H29FN2O3. The average Bonchev–Trinajstić information content (AvgIpc) is 2.80. The van der Waals surface area contributed by atoms with Gasteiger partial charge in [0.1, 0.15) is 5.82 Å². The van der Waals surface area contributed by atoms with Crippen molar-refractivity contribution in [3.05, 3.63) is 65.5 Å². The molecular weight excluding hydrogens is 383 g/mol. The molecule has 0 radical (unpaired) electrons. The van der Waals surface area contributed by atoms with Crippen LogP contribution in [0.25, 0.3) is 0 Å². The number of anilines is 1. The summed E-state index contributed by atoms with van der Waals surface area (Å²) in [5.41, 5.74) is 1.75. The van der Waals surface area contributed by atoms with E-state index in [1.165, 1.54) is 6.07 Å². The standard InChI is InChI=1S/C24H29FN2O3/c1-18(19-6-8-20(9-7-19)27-12-16-30-17-13-27)26-23(28)24(10-14-29-15-11-24)21-4-2-3-5-22(21)25/h2-9,18H,10-17H2,1H3,(H,26,28). The summed E-state index contributed by atoms with van der Waals surface area (Å²) in [6.45, 7) is 6.13. The number of ether oxygens (including phenoxy) is 2. The highest BCUT2D eigenvalue weighted by Crippen LogP contribution is 2.37. The Morgan fingerprint density at radius 2 is 1.63 bits per heavy atom. The molecule has 2 aromatic carbocycles. The Balaban J connectivity index is 1.50. The summed E-state index contributed by atoms with van der Waals surface area (Å²) in [7, 11) is 0. The largest absolute Gasteiger partial charge is 0.381 e. The van der Waals surface area contributed by atoms with Crippen molar-refractivity contribution < 1.29 is 18.7 Å². The lowest BCUT2D eigenvalue weighted by atomic mass is 9.73.